The molecule has 0 aliphatic rings. The highest BCUT2D eigenvalue weighted by Crippen LogP contribution is 2.16. The second-order valence-corrected chi connectivity index (χ2v) is 6.71. The summed E-state index contributed by atoms with van der Waals surface area (Å²) in [5.41, 5.74) is 3.14. The Labute approximate surface area is 138 Å². The summed E-state index contributed by atoms with van der Waals surface area (Å²) >= 11 is 1.74. The summed E-state index contributed by atoms with van der Waals surface area (Å²) in [5, 5.41) is 15.5. The molecule has 1 aromatic rings. The number of hydrogen-bond acceptors (Lipinski definition) is 4. The van der Waals surface area contributed by atoms with Gasteiger partial charge in [0.2, 0.25) is 5.91 Å². The van der Waals surface area contributed by atoms with Crippen LogP contribution in [-0.4, -0.2) is 41.7 Å². The average molecular weight is 324 g/mol. The third kappa shape index (κ3) is 6.81. The minimum Gasteiger partial charge on any atom is -0.396 e. The van der Waals surface area contributed by atoms with E-state index < -0.39 is 0 Å². The van der Waals surface area contributed by atoms with E-state index >= 15 is 0 Å². The summed E-state index contributed by atoms with van der Waals surface area (Å²) in [6.07, 6.45) is 3.18. The van der Waals surface area contributed by atoms with Gasteiger partial charge in [0.15, 0.2) is 0 Å². The van der Waals surface area contributed by atoms with Gasteiger partial charge in [0.05, 0.1) is 0 Å². The van der Waals surface area contributed by atoms with Crippen molar-refractivity contribution < 1.29 is 9.90 Å². The number of nitrogens with one attached hydrogen (secondary N) is 2. The zero-order valence-electron chi connectivity index (χ0n) is 14.0. The number of hydrogen-bond donors (Lipinski definition) is 3. The molecule has 4 nitrogen and oxygen atoms in total. The molecule has 3 N–H and O–H groups in total. The van der Waals surface area contributed by atoms with Crippen LogP contribution in [0.5, 0.6) is 0 Å². The van der Waals surface area contributed by atoms with Crippen molar-refractivity contribution in [2.75, 3.05) is 23.9 Å². The third-order valence-electron chi connectivity index (χ3n) is 3.51. The molecule has 0 saturated carbocycles. The maximum Gasteiger partial charge on any atom is 0.225 e. The van der Waals surface area contributed by atoms with Crippen LogP contribution in [0.2, 0.25) is 0 Å². The molecule has 0 radical (unpaired) electrons. The van der Waals surface area contributed by atoms with Crippen LogP contribution >= 0.6 is 11.8 Å². The predicted molar refractivity (Wildman–Crippen MR) is 95.6 cm³/mol. The van der Waals surface area contributed by atoms with Gasteiger partial charge in [0.1, 0.15) is 0 Å². The van der Waals surface area contributed by atoms with E-state index in [4.69, 9.17) is 5.11 Å². The Bertz CT molecular complexity index is 474. The smallest absolute Gasteiger partial charge is 0.225 e. The molecule has 0 spiro atoms. The Kier molecular flexibility index (Phi) is 8.53. The number of benzene rings is 1. The first-order valence-electron chi connectivity index (χ1n) is 7.69. The van der Waals surface area contributed by atoms with E-state index in [-0.39, 0.29) is 24.6 Å². The van der Waals surface area contributed by atoms with E-state index in [1.54, 1.807) is 11.8 Å². The Morgan fingerprint density at radius 1 is 1.36 bits per heavy atom. The van der Waals surface area contributed by atoms with Gasteiger partial charge in [-0.1, -0.05) is 17.7 Å². The topological polar surface area (TPSA) is 61.4 Å². The van der Waals surface area contributed by atoms with Crippen LogP contribution in [0.3, 0.4) is 0 Å². The van der Waals surface area contributed by atoms with E-state index in [9.17, 15) is 4.79 Å². The molecule has 0 saturated heterocycles. The monoisotopic (exact) mass is 324 g/mol. The van der Waals surface area contributed by atoms with Gasteiger partial charge in [-0.3, -0.25) is 4.79 Å². The fraction of sp³-hybridized carbons (Fsp3) is 0.588. The molecule has 0 aliphatic heterocycles. The third-order valence-corrected chi connectivity index (χ3v) is 4.25. The number of thioether (sulfide) groups is 1. The van der Waals surface area contributed by atoms with Crippen molar-refractivity contribution in [1.82, 2.24) is 5.32 Å². The number of aliphatic hydroxyl groups excluding tert-OH is 1. The minimum absolute atomic E-state index is 0.0128. The van der Waals surface area contributed by atoms with Crippen molar-refractivity contribution in [2.45, 2.75) is 45.7 Å². The van der Waals surface area contributed by atoms with Crippen LogP contribution in [0.1, 0.15) is 30.9 Å². The number of carbonyl (C=O) groups excluding carboxylic acids is 1. The predicted octanol–water partition coefficient (Wildman–Crippen LogP) is 2.72. The normalized spacial score (nSPS) is 13.7. The summed E-state index contributed by atoms with van der Waals surface area (Å²) in [4.78, 5) is 12.2. The van der Waals surface area contributed by atoms with Gasteiger partial charge in [-0.25, -0.2) is 0 Å². The first-order valence-corrected chi connectivity index (χ1v) is 9.08. The molecule has 2 unspecified atom stereocenters. The van der Waals surface area contributed by atoms with Crippen LogP contribution < -0.4 is 10.6 Å². The number of aliphatic hydroxyl groups is 1. The summed E-state index contributed by atoms with van der Waals surface area (Å²) in [7, 11) is 0. The van der Waals surface area contributed by atoms with Crippen molar-refractivity contribution in [3.63, 3.8) is 0 Å². The van der Waals surface area contributed by atoms with Crippen molar-refractivity contribution in [3.05, 3.63) is 29.3 Å². The number of carbonyl (C=O) groups is 1. The standard InChI is InChI=1S/C17H28N2O2S/c1-12-5-6-16(13(2)9-12)19-17(21)10-14(3)18-15(7-8-20)11-22-4/h5-6,9,14-15,18,20H,7-8,10-11H2,1-4H3,(H,19,21). The zero-order chi connectivity index (χ0) is 16.5. The van der Waals surface area contributed by atoms with Gasteiger partial charge in [-0.15, -0.1) is 0 Å². The van der Waals surface area contributed by atoms with E-state index in [1.807, 2.05) is 39.2 Å². The first-order chi connectivity index (χ1) is 10.5. The number of amides is 1. The van der Waals surface area contributed by atoms with Crippen molar-refractivity contribution in [3.8, 4) is 0 Å². The maximum absolute atomic E-state index is 12.2. The van der Waals surface area contributed by atoms with Crippen LogP contribution in [0, 0.1) is 13.8 Å². The Morgan fingerprint density at radius 3 is 2.68 bits per heavy atom. The van der Waals surface area contributed by atoms with Crippen LogP contribution in [0.15, 0.2) is 18.2 Å². The maximum atomic E-state index is 12.2. The van der Waals surface area contributed by atoms with Gasteiger partial charge < -0.3 is 15.7 Å². The molecular weight excluding hydrogens is 296 g/mol. The highest BCUT2D eigenvalue weighted by atomic mass is 32.2. The Morgan fingerprint density at radius 2 is 2.09 bits per heavy atom. The molecule has 124 valence electrons. The van der Waals surface area contributed by atoms with Crippen molar-refractivity contribution in [2.24, 2.45) is 0 Å². The molecule has 22 heavy (non-hydrogen) atoms. The average Bonchev–Trinajstić information content (AvgIpc) is 2.42. The van der Waals surface area contributed by atoms with Gasteiger partial charge in [0, 0.05) is 36.6 Å². The fourth-order valence-electron chi connectivity index (χ4n) is 2.47. The van der Waals surface area contributed by atoms with E-state index in [1.165, 1.54) is 5.56 Å². The molecule has 0 fully saturated rings. The second-order valence-electron chi connectivity index (χ2n) is 5.80. The Hall–Kier alpha value is -1.04. The van der Waals surface area contributed by atoms with Crippen LogP contribution in [0.4, 0.5) is 5.69 Å². The van der Waals surface area contributed by atoms with Gasteiger partial charge in [0.25, 0.3) is 0 Å². The molecule has 0 heterocycles. The largest absolute Gasteiger partial charge is 0.396 e. The molecule has 1 rings (SSSR count). The number of aryl methyl sites for hydroxylation is 2. The number of rotatable bonds is 9. The lowest BCUT2D eigenvalue weighted by Gasteiger charge is -2.22. The highest BCUT2D eigenvalue weighted by Gasteiger charge is 2.15. The zero-order valence-corrected chi connectivity index (χ0v) is 14.8. The molecule has 0 aliphatic carbocycles. The Balaban J connectivity index is 2.49. The lowest BCUT2D eigenvalue weighted by Crippen LogP contribution is -2.40. The fourth-order valence-corrected chi connectivity index (χ4v) is 3.13. The summed E-state index contributed by atoms with van der Waals surface area (Å²) in [6, 6.07) is 6.33. The SMILES string of the molecule is CSCC(CCO)NC(C)CC(=O)Nc1ccc(C)cc1C. The molecule has 5 heteroatoms. The van der Waals surface area contributed by atoms with E-state index in [0.717, 1.165) is 17.0 Å². The summed E-state index contributed by atoms with van der Waals surface area (Å²) in [5.74, 6) is 0.947. The molecule has 2 atom stereocenters. The molecule has 1 amide bonds. The van der Waals surface area contributed by atoms with Gasteiger partial charge in [-0.05, 0) is 45.1 Å². The van der Waals surface area contributed by atoms with Gasteiger partial charge in [-0.2, -0.15) is 11.8 Å². The lowest BCUT2D eigenvalue weighted by atomic mass is 10.1. The van der Waals surface area contributed by atoms with Crippen molar-refractivity contribution >= 4 is 23.4 Å². The molecule has 0 aromatic heterocycles. The van der Waals surface area contributed by atoms with Crippen molar-refractivity contribution in [1.29, 1.82) is 0 Å². The summed E-state index contributed by atoms with van der Waals surface area (Å²) in [6.45, 7) is 6.21. The van der Waals surface area contributed by atoms with E-state index in [2.05, 4.69) is 16.7 Å². The lowest BCUT2D eigenvalue weighted by molar-refractivity contribution is -0.116. The van der Waals surface area contributed by atoms with Gasteiger partial charge >= 0.3 is 0 Å². The molecule has 1 aromatic carbocycles. The van der Waals surface area contributed by atoms with Crippen LogP contribution in [-0.2, 0) is 4.79 Å². The first kappa shape index (κ1) is 19.0. The van der Waals surface area contributed by atoms with E-state index in [0.29, 0.717) is 12.8 Å². The number of anilines is 1. The quantitative estimate of drug-likeness (QED) is 0.654. The van der Waals surface area contributed by atoms with Crippen LogP contribution in [0.25, 0.3) is 0 Å². The second kappa shape index (κ2) is 9.87. The molecular formula is C17H28N2O2S. The highest BCUT2D eigenvalue weighted by molar-refractivity contribution is 7.98. The minimum atomic E-state index is 0.0128. The summed E-state index contributed by atoms with van der Waals surface area (Å²) < 4.78 is 0. The molecule has 0 bridgehead atoms.